The van der Waals surface area contributed by atoms with Crippen LogP contribution in [0.25, 0.3) is 10.8 Å². The first-order valence-electron chi connectivity index (χ1n) is 7.85. The van der Waals surface area contributed by atoms with Gasteiger partial charge in [0.05, 0.1) is 6.26 Å². The minimum Gasteiger partial charge on any atom is -0.462 e. The molecular formula is C18H15F3N2O3S. The van der Waals surface area contributed by atoms with Gasteiger partial charge in [-0.25, -0.2) is 4.98 Å². The van der Waals surface area contributed by atoms with Crippen LogP contribution in [-0.4, -0.2) is 29.2 Å². The van der Waals surface area contributed by atoms with E-state index < -0.39 is 12.3 Å². The summed E-state index contributed by atoms with van der Waals surface area (Å²) < 4.78 is 47.0. The lowest BCUT2D eigenvalue weighted by molar-refractivity contribution is -0.275. The maximum atomic E-state index is 12.7. The van der Waals surface area contributed by atoms with E-state index in [0.29, 0.717) is 15.6 Å². The number of amides is 1. The quantitative estimate of drug-likeness (QED) is 0.617. The third-order valence-corrected chi connectivity index (χ3v) is 4.67. The van der Waals surface area contributed by atoms with Crippen LogP contribution in [0.3, 0.4) is 0 Å². The number of rotatable bonds is 5. The third-order valence-electron chi connectivity index (χ3n) is 3.68. The van der Waals surface area contributed by atoms with Crippen molar-refractivity contribution in [3.8, 4) is 16.5 Å². The first-order chi connectivity index (χ1) is 12.7. The van der Waals surface area contributed by atoms with Crippen LogP contribution in [0.2, 0.25) is 0 Å². The Labute approximate surface area is 157 Å². The molecule has 3 aromatic rings. The van der Waals surface area contributed by atoms with Gasteiger partial charge in [-0.3, -0.25) is 4.79 Å². The van der Waals surface area contributed by atoms with E-state index in [2.05, 4.69) is 9.72 Å². The molecule has 0 saturated carbocycles. The number of carbonyl (C=O) groups is 1. The van der Waals surface area contributed by atoms with Gasteiger partial charge in [0.25, 0.3) is 5.91 Å². The molecule has 0 aliphatic rings. The summed E-state index contributed by atoms with van der Waals surface area (Å²) >= 11 is 1.31. The standard InChI is InChI=1S/C18H15F3N2O3S/c1-11-15(22-16(27-11)14-8-5-9-25-14)17(24)23(2)10-12-6-3-4-7-13(12)26-18(19,20)21/h3-9H,10H2,1-2H3. The molecule has 3 rings (SSSR count). The largest absolute Gasteiger partial charge is 0.573 e. The predicted molar refractivity (Wildman–Crippen MR) is 93.5 cm³/mol. The maximum Gasteiger partial charge on any atom is 0.573 e. The first kappa shape index (κ1) is 19.0. The molecule has 0 N–H and O–H groups in total. The minimum atomic E-state index is -4.80. The molecular weight excluding hydrogens is 381 g/mol. The SMILES string of the molecule is Cc1sc(-c2ccco2)nc1C(=O)N(C)Cc1ccccc1OC(F)(F)F. The normalized spacial score (nSPS) is 11.4. The number of alkyl halides is 3. The van der Waals surface area contributed by atoms with E-state index in [4.69, 9.17) is 4.42 Å². The molecule has 1 aromatic carbocycles. The Morgan fingerprint density at radius 1 is 1.26 bits per heavy atom. The summed E-state index contributed by atoms with van der Waals surface area (Å²) in [5.41, 5.74) is 0.480. The van der Waals surface area contributed by atoms with Crippen molar-refractivity contribution in [2.75, 3.05) is 7.05 Å². The lowest BCUT2D eigenvalue weighted by Gasteiger charge is -2.19. The van der Waals surface area contributed by atoms with Crippen LogP contribution in [0.1, 0.15) is 20.9 Å². The Morgan fingerprint density at radius 3 is 2.67 bits per heavy atom. The highest BCUT2D eigenvalue weighted by molar-refractivity contribution is 7.15. The summed E-state index contributed by atoms with van der Waals surface area (Å²) in [6.07, 6.45) is -3.29. The number of halogens is 3. The summed E-state index contributed by atoms with van der Waals surface area (Å²) in [4.78, 5) is 19.0. The van der Waals surface area contributed by atoms with E-state index in [-0.39, 0.29) is 23.6 Å². The van der Waals surface area contributed by atoms with Crippen LogP contribution in [0, 0.1) is 6.92 Å². The van der Waals surface area contributed by atoms with Crippen molar-refractivity contribution in [2.45, 2.75) is 19.8 Å². The van der Waals surface area contributed by atoms with Gasteiger partial charge < -0.3 is 14.1 Å². The fourth-order valence-corrected chi connectivity index (χ4v) is 3.34. The Bertz CT molecular complexity index is 936. The zero-order chi connectivity index (χ0) is 19.6. The molecule has 0 fully saturated rings. The molecule has 2 aromatic heterocycles. The molecule has 5 nitrogen and oxygen atoms in total. The molecule has 1 amide bonds. The zero-order valence-corrected chi connectivity index (χ0v) is 15.2. The average Bonchev–Trinajstić information content (AvgIpc) is 3.24. The number of carbonyl (C=O) groups excluding carboxylic acids is 1. The lowest BCUT2D eigenvalue weighted by atomic mass is 10.2. The van der Waals surface area contributed by atoms with E-state index in [1.165, 1.54) is 47.7 Å². The number of hydrogen-bond acceptors (Lipinski definition) is 5. The maximum absolute atomic E-state index is 12.7. The topological polar surface area (TPSA) is 55.6 Å². The molecule has 142 valence electrons. The second kappa shape index (κ2) is 7.43. The molecule has 0 saturated heterocycles. The highest BCUT2D eigenvalue weighted by atomic mass is 32.1. The van der Waals surface area contributed by atoms with Gasteiger partial charge in [-0.2, -0.15) is 0 Å². The molecule has 0 spiro atoms. The van der Waals surface area contributed by atoms with Gasteiger partial charge >= 0.3 is 6.36 Å². The molecule has 0 aliphatic heterocycles. The molecule has 0 unspecified atom stereocenters. The lowest BCUT2D eigenvalue weighted by Crippen LogP contribution is -2.28. The van der Waals surface area contributed by atoms with Crippen molar-refractivity contribution in [2.24, 2.45) is 0 Å². The number of thiazole rings is 1. The molecule has 0 atom stereocenters. The predicted octanol–water partition coefficient (Wildman–Crippen LogP) is 4.88. The van der Waals surface area contributed by atoms with Crippen LogP contribution in [0.15, 0.2) is 47.1 Å². The van der Waals surface area contributed by atoms with Gasteiger partial charge in [0.15, 0.2) is 10.8 Å². The summed E-state index contributed by atoms with van der Waals surface area (Å²) in [6, 6.07) is 9.17. The van der Waals surface area contributed by atoms with Gasteiger partial charge in [0.1, 0.15) is 11.4 Å². The van der Waals surface area contributed by atoms with Gasteiger partial charge in [-0.1, -0.05) is 18.2 Å². The van der Waals surface area contributed by atoms with Gasteiger partial charge in [-0.15, -0.1) is 24.5 Å². The van der Waals surface area contributed by atoms with Crippen LogP contribution in [0.4, 0.5) is 13.2 Å². The third kappa shape index (κ3) is 4.48. The highest BCUT2D eigenvalue weighted by Crippen LogP contribution is 2.30. The molecule has 0 bridgehead atoms. The van der Waals surface area contributed by atoms with Gasteiger partial charge in [0, 0.05) is 24.0 Å². The van der Waals surface area contributed by atoms with E-state index in [1.807, 2.05) is 0 Å². The van der Waals surface area contributed by atoms with Crippen molar-refractivity contribution in [3.05, 3.63) is 58.8 Å². The van der Waals surface area contributed by atoms with Crippen molar-refractivity contribution in [3.63, 3.8) is 0 Å². The van der Waals surface area contributed by atoms with E-state index in [0.717, 1.165) is 0 Å². The van der Waals surface area contributed by atoms with Crippen molar-refractivity contribution in [1.82, 2.24) is 9.88 Å². The first-order valence-corrected chi connectivity index (χ1v) is 8.66. The number of para-hydroxylation sites is 1. The van der Waals surface area contributed by atoms with Crippen LogP contribution < -0.4 is 4.74 Å². The van der Waals surface area contributed by atoms with Crippen LogP contribution in [0.5, 0.6) is 5.75 Å². The number of hydrogen-bond donors (Lipinski definition) is 0. The molecule has 9 heteroatoms. The zero-order valence-electron chi connectivity index (χ0n) is 14.4. The number of aryl methyl sites for hydroxylation is 1. The van der Waals surface area contributed by atoms with E-state index in [9.17, 15) is 18.0 Å². The summed E-state index contributed by atoms with van der Waals surface area (Å²) in [5, 5.41) is 0.565. The minimum absolute atomic E-state index is 0.0574. The number of nitrogens with zero attached hydrogens (tertiary/aromatic N) is 2. The number of furan rings is 1. The summed E-state index contributed by atoms with van der Waals surface area (Å²) in [7, 11) is 1.50. The van der Waals surface area contributed by atoms with Crippen LogP contribution in [-0.2, 0) is 6.54 Å². The summed E-state index contributed by atoms with van der Waals surface area (Å²) in [5.74, 6) is -0.187. The van der Waals surface area contributed by atoms with Crippen molar-refractivity contribution in [1.29, 1.82) is 0 Å². The monoisotopic (exact) mass is 396 g/mol. The number of ether oxygens (including phenoxy) is 1. The average molecular weight is 396 g/mol. The Morgan fingerprint density at radius 2 is 2.00 bits per heavy atom. The smallest absolute Gasteiger partial charge is 0.462 e. The van der Waals surface area contributed by atoms with E-state index >= 15 is 0 Å². The van der Waals surface area contributed by atoms with E-state index in [1.54, 1.807) is 25.1 Å². The van der Waals surface area contributed by atoms with Crippen molar-refractivity contribution >= 4 is 17.2 Å². The fourth-order valence-electron chi connectivity index (χ4n) is 2.47. The second-order valence-corrected chi connectivity index (χ2v) is 6.92. The fraction of sp³-hybridized carbons (Fsp3) is 0.222. The number of aromatic nitrogens is 1. The summed E-state index contributed by atoms with van der Waals surface area (Å²) in [6.45, 7) is 1.70. The molecule has 0 radical (unpaired) electrons. The molecule has 27 heavy (non-hydrogen) atoms. The Kier molecular flexibility index (Phi) is 5.22. The Balaban J connectivity index is 1.79. The van der Waals surface area contributed by atoms with Crippen molar-refractivity contribution < 1.29 is 27.1 Å². The second-order valence-electron chi connectivity index (χ2n) is 5.72. The van der Waals surface area contributed by atoms with Gasteiger partial charge in [0.2, 0.25) is 0 Å². The van der Waals surface area contributed by atoms with Gasteiger partial charge in [-0.05, 0) is 25.1 Å². The number of benzene rings is 1. The van der Waals surface area contributed by atoms with Crippen LogP contribution >= 0.6 is 11.3 Å². The highest BCUT2D eigenvalue weighted by Gasteiger charge is 2.32. The molecule has 2 heterocycles. The Hall–Kier alpha value is -2.81. The molecule has 0 aliphatic carbocycles.